The smallest absolute Gasteiger partial charge is 0.161 e. The van der Waals surface area contributed by atoms with Crippen molar-refractivity contribution < 1.29 is 14.2 Å². The lowest BCUT2D eigenvalue weighted by atomic mass is 9.93. The molecule has 2 aliphatic heterocycles. The van der Waals surface area contributed by atoms with E-state index in [0.717, 1.165) is 44.1 Å². The molecule has 1 fully saturated rings. The Kier molecular flexibility index (Phi) is 4.99. The van der Waals surface area contributed by atoms with Crippen LogP contribution in [0, 0.1) is 5.92 Å². The van der Waals surface area contributed by atoms with E-state index < -0.39 is 0 Å². The van der Waals surface area contributed by atoms with E-state index in [1.54, 1.807) is 0 Å². The first kappa shape index (κ1) is 14.7. The van der Waals surface area contributed by atoms with Crippen molar-refractivity contribution in [2.75, 3.05) is 33.0 Å². The number of fused-ring (bicyclic) bond motifs is 1. The second-order valence-electron chi connectivity index (χ2n) is 5.88. The summed E-state index contributed by atoms with van der Waals surface area (Å²) in [6.45, 7) is 6.32. The van der Waals surface area contributed by atoms with Gasteiger partial charge in [0.05, 0.1) is 0 Å². The molecule has 2 aliphatic rings. The number of nitrogens with one attached hydrogen (secondary N) is 1. The third kappa shape index (κ3) is 3.69. The Balaban J connectivity index is 1.74. The highest BCUT2D eigenvalue weighted by molar-refractivity contribution is 5.44. The van der Waals surface area contributed by atoms with Crippen LogP contribution < -0.4 is 14.8 Å². The van der Waals surface area contributed by atoms with E-state index in [9.17, 15) is 0 Å². The highest BCUT2D eigenvalue weighted by Crippen LogP contribution is 2.35. The zero-order valence-corrected chi connectivity index (χ0v) is 12.8. The average molecular weight is 291 g/mol. The molecule has 2 heterocycles. The summed E-state index contributed by atoms with van der Waals surface area (Å²) in [5.74, 6) is 2.40. The lowest BCUT2D eigenvalue weighted by molar-refractivity contribution is 0.171. The van der Waals surface area contributed by atoms with Gasteiger partial charge >= 0.3 is 0 Å². The third-order valence-electron chi connectivity index (χ3n) is 4.20. The van der Waals surface area contributed by atoms with Crippen molar-refractivity contribution in [3.05, 3.63) is 23.8 Å². The zero-order valence-electron chi connectivity index (χ0n) is 12.8. The molecular weight excluding hydrogens is 266 g/mol. The highest BCUT2D eigenvalue weighted by Gasteiger charge is 2.23. The first-order valence-electron chi connectivity index (χ1n) is 8.07. The topological polar surface area (TPSA) is 39.7 Å². The summed E-state index contributed by atoms with van der Waals surface area (Å²) >= 11 is 0. The van der Waals surface area contributed by atoms with E-state index in [2.05, 4.69) is 24.4 Å². The molecule has 4 heteroatoms. The Hall–Kier alpha value is -1.26. The third-order valence-corrected chi connectivity index (χ3v) is 4.20. The number of ether oxygens (including phenoxy) is 3. The van der Waals surface area contributed by atoms with Gasteiger partial charge in [-0.1, -0.05) is 13.0 Å². The summed E-state index contributed by atoms with van der Waals surface area (Å²) in [6.07, 6.45) is 3.44. The molecule has 3 rings (SSSR count). The molecule has 0 spiro atoms. The Morgan fingerprint density at radius 3 is 2.81 bits per heavy atom. The Morgan fingerprint density at radius 2 is 2.05 bits per heavy atom. The fraction of sp³-hybridized carbons (Fsp3) is 0.647. The van der Waals surface area contributed by atoms with Gasteiger partial charge < -0.3 is 19.5 Å². The molecule has 1 aromatic carbocycles. The monoisotopic (exact) mass is 291 g/mol. The molecule has 0 aromatic heterocycles. The van der Waals surface area contributed by atoms with Crippen LogP contribution in [-0.4, -0.2) is 33.0 Å². The molecule has 21 heavy (non-hydrogen) atoms. The summed E-state index contributed by atoms with van der Waals surface area (Å²) in [5, 5.41) is 3.67. The predicted molar refractivity (Wildman–Crippen MR) is 82.0 cm³/mol. The quantitative estimate of drug-likeness (QED) is 0.875. The molecule has 0 aliphatic carbocycles. The molecule has 1 aromatic rings. The predicted octanol–water partition coefficient (Wildman–Crippen LogP) is 2.93. The summed E-state index contributed by atoms with van der Waals surface area (Å²) < 4.78 is 16.8. The molecule has 0 bridgehead atoms. The molecule has 0 amide bonds. The number of hydrogen-bond acceptors (Lipinski definition) is 4. The Morgan fingerprint density at radius 1 is 1.19 bits per heavy atom. The van der Waals surface area contributed by atoms with Crippen LogP contribution in [0.4, 0.5) is 0 Å². The van der Waals surface area contributed by atoms with Gasteiger partial charge in [0.25, 0.3) is 0 Å². The van der Waals surface area contributed by atoms with Crippen molar-refractivity contribution >= 4 is 0 Å². The molecular formula is C17H25NO3. The minimum absolute atomic E-state index is 0.368. The van der Waals surface area contributed by atoms with Crippen LogP contribution in [0.2, 0.25) is 0 Å². The van der Waals surface area contributed by atoms with Crippen LogP contribution in [0.3, 0.4) is 0 Å². The molecule has 0 saturated carbocycles. The molecule has 1 N–H and O–H groups in total. The van der Waals surface area contributed by atoms with Crippen LogP contribution in [-0.2, 0) is 4.74 Å². The van der Waals surface area contributed by atoms with E-state index in [1.165, 1.54) is 12.0 Å². The second-order valence-corrected chi connectivity index (χ2v) is 5.88. The van der Waals surface area contributed by atoms with Gasteiger partial charge in [0.15, 0.2) is 11.5 Å². The van der Waals surface area contributed by atoms with Crippen molar-refractivity contribution in [3.63, 3.8) is 0 Å². The number of benzene rings is 1. The van der Waals surface area contributed by atoms with Gasteiger partial charge in [0, 0.05) is 19.3 Å². The first-order chi connectivity index (χ1) is 10.4. The fourth-order valence-corrected chi connectivity index (χ4v) is 3.04. The van der Waals surface area contributed by atoms with Crippen molar-refractivity contribution in [3.8, 4) is 11.5 Å². The van der Waals surface area contributed by atoms with Crippen molar-refractivity contribution in [1.29, 1.82) is 0 Å². The van der Waals surface area contributed by atoms with Crippen LogP contribution >= 0.6 is 0 Å². The Labute approximate surface area is 126 Å². The van der Waals surface area contributed by atoms with Crippen LogP contribution in [0.5, 0.6) is 11.5 Å². The summed E-state index contributed by atoms with van der Waals surface area (Å²) in [6, 6.07) is 6.71. The minimum Gasteiger partial charge on any atom is -0.486 e. The molecule has 0 radical (unpaired) electrons. The van der Waals surface area contributed by atoms with Gasteiger partial charge in [-0.05, 0) is 49.4 Å². The summed E-state index contributed by atoms with van der Waals surface area (Å²) in [5.41, 5.74) is 1.29. The van der Waals surface area contributed by atoms with Crippen LogP contribution in [0.25, 0.3) is 0 Å². The van der Waals surface area contributed by atoms with Crippen molar-refractivity contribution in [1.82, 2.24) is 5.32 Å². The Bertz CT molecular complexity index is 457. The van der Waals surface area contributed by atoms with Crippen LogP contribution in [0.1, 0.15) is 37.8 Å². The molecule has 2 atom stereocenters. The molecule has 1 saturated heterocycles. The SMILES string of the molecule is CCCNC(CC1CCOC1)c1ccc2c(c1)OCCO2. The highest BCUT2D eigenvalue weighted by atomic mass is 16.6. The second kappa shape index (κ2) is 7.14. The maximum atomic E-state index is 5.71. The van der Waals surface area contributed by atoms with E-state index in [1.807, 2.05) is 6.07 Å². The van der Waals surface area contributed by atoms with Crippen molar-refractivity contribution in [2.24, 2.45) is 5.92 Å². The van der Waals surface area contributed by atoms with Gasteiger partial charge in [0.2, 0.25) is 0 Å². The summed E-state index contributed by atoms with van der Waals surface area (Å²) in [4.78, 5) is 0. The van der Waals surface area contributed by atoms with E-state index >= 15 is 0 Å². The zero-order chi connectivity index (χ0) is 14.5. The lowest BCUT2D eigenvalue weighted by Crippen LogP contribution is -2.25. The van der Waals surface area contributed by atoms with Gasteiger partial charge in [0.1, 0.15) is 13.2 Å². The molecule has 4 nitrogen and oxygen atoms in total. The average Bonchev–Trinajstić information content (AvgIpc) is 3.04. The maximum Gasteiger partial charge on any atom is 0.161 e. The van der Waals surface area contributed by atoms with E-state index in [-0.39, 0.29) is 0 Å². The maximum absolute atomic E-state index is 5.71. The molecule has 2 unspecified atom stereocenters. The fourth-order valence-electron chi connectivity index (χ4n) is 3.04. The largest absolute Gasteiger partial charge is 0.486 e. The van der Waals surface area contributed by atoms with Gasteiger partial charge in [-0.3, -0.25) is 0 Å². The van der Waals surface area contributed by atoms with Gasteiger partial charge in [-0.2, -0.15) is 0 Å². The molecule has 116 valence electrons. The first-order valence-corrected chi connectivity index (χ1v) is 8.07. The lowest BCUT2D eigenvalue weighted by Gasteiger charge is -2.24. The summed E-state index contributed by atoms with van der Waals surface area (Å²) in [7, 11) is 0. The normalized spacial score (nSPS) is 22.2. The number of hydrogen-bond donors (Lipinski definition) is 1. The number of rotatable bonds is 6. The van der Waals surface area contributed by atoms with Crippen LogP contribution in [0.15, 0.2) is 18.2 Å². The van der Waals surface area contributed by atoms with Gasteiger partial charge in [-0.15, -0.1) is 0 Å². The standard InChI is InChI=1S/C17H25NO3/c1-2-6-18-15(10-13-5-7-19-12-13)14-3-4-16-17(11-14)21-9-8-20-16/h3-4,11,13,15,18H,2,5-10,12H2,1H3. The van der Waals surface area contributed by atoms with E-state index in [4.69, 9.17) is 14.2 Å². The van der Waals surface area contributed by atoms with Crippen molar-refractivity contribution in [2.45, 2.75) is 32.2 Å². The minimum atomic E-state index is 0.368. The van der Waals surface area contributed by atoms with Gasteiger partial charge in [-0.25, -0.2) is 0 Å². The van der Waals surface area contributed by atoms with E-state index in [0.29, 0.717) is 25.2 Å².